The SMILES string of the molecule is CC(C)c1cccc(Oc2ccc([C@H](C)O)cn2)c1. The minimum absolute atomic E-state index is 0.467. The molecule has 19 heavy (non-hydrogen) atoms. The van der Waals surface area contributed by atoms with Crippen LogP contribution in [-0.4, -0.2) is 10.1 Å². The van der Waals surface area contributed by atoms with Crippen molar-refractivity contribution in [1.82, 2.24) is 4.98 Å². The molecule has 0 aliphatic rings. The van der Waals surface area contributed by atoms with E-state index < -0.39 is 6.10 Å². The van der Waals surface area contributed by atoms with E-state index in [4.69, 9.17) is 4.74 Å². The molecule has 0 aliphatic carbocycles. The maximum Gasteiger partial charge on any atom is 0.219 e. The Kier molecular flexibility index (Phi) is 4.17. The van der Waals surface area contributed by atoms with E-state index in [-0.39, 0.29) is 0 Å². The number of aromatic nitrogens is 1. The van der Waals surface area contributed by atoms with E-state index >= 15 is 0 Å². The van der Waals surface area contributed by atoms with E-state index in [1.807, 2.05) is 24.3 Å². The molecule has 1 heterocycles. The van der Waals surface area contributed by atoms with Crippen molar-refractivity contribution < 1.29 is 9.84 Å². The molecular weight excluding hydrogens is 238 g/mol. The number of ether oxygens (including phenoxy) is 1. The summed E-state index contributed by atoms with van der Waals surface area (Å²) in [5.41, 5.74) is 2.02. The minimum atomic E-state index is -0.509. The second kappa shape index (κ2) is 5.85. The maximum absolute atomic E-state index is 9.42. The summed E-state index contributed by atoms with van der Waals surface area (Å²) >= 11 is 0. The molecule has 3 nitrogen and oxygen atoms in total. The van der Waals surface area contributed by atoms with E-state index in [1.54, 1.807) is 19.2 Å². The van der Waals surface area contributed by atoms with Crippen LogP contribution in [0.5, 0.6) is 11.6 Å². The molecule has 1 aromatic carbocycles. The zero-order valence-electron chi connectivity index (χ0n) is 11.5. The summed E-state index contributed by atoms with van der Waals surface area (Å²) in [6.45, 7) is 6.01. The van der Waals surface area contributed by atoms with Gasteiger partial charge in [-0.05, 0) is 42.2 Å². The van der Waals surface area contributed by atoms with Crippen molar-refractivity contribution in [2.24, 2.45) is 0 Å². The van der Waals surface area contributed by atoms with Gasteiger partial charge in [0.2, 0.25) is 5.88 Å². The van der Waals surface area contributed by atoms with Crippen LogP contribution < -0.4 is 4.74 Å². The van der Waals surface area contributed by atoms with Gasteiger partial charge in [-0.2, -0.15) is 0 Å². The number of nitrogens with zero attached hydrogens (tertiary/aromatic N) is 1. The summed E-state index contributed by atoms with van der Waals surface area (Å²) in [4.78, 5) is 4.19. The first kappa shape index (κ1) is 13.6. The molecule has 1 aromatic heterocycles. The van der Waals surface area contributed by atoms with Gasteiger partial charge in [0.25, 0.3) is 0 Å². The molecule has 3 heteroatoms. The average molecular weight is 257 g/mol. The highest BCUT2D eigenvalue weighted by Crippen LogP contribution is 2.24. The largest absolute Gasteiger partial charge is 0.439 e. The Labute approximate surface area is 113 Å². The molecule has 1 atom stereocenters. The van der Waals surface area contributed by atoms with Crippen LogP contribution in [-0.2, 0) is 0 Å². The van der Waals surface area contributed by atoms with Gasteiger partial charge >= 0.3 is 0 Å². The third kappa shape index (κ3) is 3.55. The van der Waals surface area contributed by atoms with Crippen molar-refractivity contribution in [1.29, 1.82) is 0 Å². The van der Waals surface area contributed by atoms with Crippen LogP contribution in [0.15, 0.2) is 42.6 Å². The Morgan fingerprint density at radius 1 is 1.05 bits per heavy atom. The van der Waals surface area contributed by atoms with Crippen molar-refractivity contribution in [3.05, 3.63) is 53.7 Å². The van der Waals surface area contributed by atoms with Crippen LogP contribution in [0.2, 0.25) is 0 Å². The summed E-state index contributed by atoms with van der Waals surface area (Å²) in [5.74, 6) is 1.78. The van der Waals surface area contributed by atoms with Gasteiger partial charge in [0.15, 0.2) is 0 Å². The number of pyridine rings is 1. The van der Waals surface area contributed by atoms with Crippen LogP contribution >= 0.6 is 0 Å². The Balaban J connectivity index is 2.14. The van der Waals surface area contributed by atoms with Crippen LogP contribution in [0.3, 0.4) is 0 Å². The maximum atomic E-state index is 9.42. The van der Waals surface area contributed by atoms with Crippen molar-refractivity contribution in [2.45, 2.75) is 32.8 Å². The summed E-state index contributed by atoms with van der Waals surface area (Å²) in [6, 6.07) is 11.6. The fourth-order valence-corrected chi connectivity index (χ4v) is 1.76. The van der Waals surface area contributed by atoms with Gasteiger partial charge in [-0.25, -0.2) is 4.98 Å². The van der Waals surface area contributed by atoms with Crippen molar-refractivity contribution in [3.63, 3.8) is 0 Å². The lowest BCUT2D eigenvalue weighted by molar-refractivity contribution is 0.198. The molecule has 0 saturated heterocycles. The van der Waals surface area contributed by atoms with E-state index in [1.165, 1.54) is 5.56 Å². The van der Waals surface area contributed by atoms with Crippen LogP contribution in [0.1, 0.15) is 43.9 Å². The molecule has 2 rings (SSSR count). The summed E-state index contributed by atoms with van der Waals surface area (Å²) < 4.78 is 5.71. The first-order valence-electron chi connectivity index (χ1n) is 6.48. The second-order valence-electron chi connectivity index (χ2n) is 4.93. The molecule has 0 spiro atoms. The summed E-state index contributed by atoms with van der Waals surface area (Å²) in [7, 11) is 0. The van der Waals surface area contributed by atoms with Gasteiger partial charge in [-0.1, -0.05) is 26.0 Å². The number of aliphatic hydroxyl groups excluding tert-OH is 1. The van der Waals surface area contributed by atoms with Gasteiger partial charge < -0.3 is 9.84 Å². The fourth-order valence-electron chi connectivity index (χ4n) is 1.76. The molecule has 100 valence electrons. The van der Waals surface area contributed by atoms with Gasteiger partial charge in [0.05, 0.1) is 6.10 Å². The monoisotopic (exact) mass is 257 g/mol. The Hall–Kier alpha value is -1.87. The average Bonchev–Trinajstić information content (AvgIpc) is 2.39. The summed E-state index contributed by atoms with van der Waals surface area (Å²) in [6.07, 6.45) is 1.12. The number of benzene rings is 1. The molecule has 2 aromatic rings. The standard InChI is InChI=1S/C16H19NO2/c1-11(2)13-5-4-6-15(9-13)19-16-8-7-14(10-17-16)12(3)18/h4-12,18H,1-3H3/t12-/m0/s1. The number of hydrogen-bond acceptors (Lipinski definition) is 3. The van der Waals surface area contributed by atoms with Crippen molar-refractivity contribution >= 4 is 0 Å². The molecule has 0 radical (unpaired) electrons. The second-order valence-corrected chi connectivity index (χ2v) is 4.93. The number of hydrogen-bond donors (Lipinski definition) is 1. The van der Waals surface area contributed by atoms with E-state index in [0.717, 1.165) is 11.3 Å². The zero-order valence-corrected chi connectivity index (χ0v) is 11.5. The Morgan fingerprint density at radius 3 is 2.42 bits per heavy atom. The Bertz CT molecular complexity index is 533. The third-order valence-corrected chi connectivity index (χ3v) is 2.99. The van der Waals surface area contributed by atoms with Gasteiger partial charge in [0, 0.05) is 12.3 Å². The molecule has 0 saturated carbocycles. The van der Waals surface area contributed by atoms with Crippen LogP contribution in [0.4, 0.5) is 0 Å². The Morgan fingerprint density at radius 2 is 1.84 bits per heavy atom. The minimum Gasteiger partial charge on any atom is -0.439 e. The normalized spacial score (nSPS) is 12.5. The lowest BCUT2D eigenvalue weighted by Crippen LogP contribution is -1.94. The van der Waals surface area contributed by atoms with E-state index in [2.05, 4.69) is 24.9 Å². The highest BCUT2D eigenvalue weighted by Gasteiger charge is 2.05. The molecular formula is C16H19NO2. The van der Waals surface area contributed by atoms with Gasteiger partial charge in [-0.3, -0.25) is 0 Å². The first-order valence-corrected chi connectivity index (χ1v) is 6.48. The first-order chi connectivity index (χ1) is 9.06. The quantitative estimate of drug-likeness (QED) is 0.898. The molecule has 0 bridgehead atoms. The van der Waals surface area contributed by atoms with Gasteiger partial charge in [0.1, 0.15) is 5.75 Å². The van der Waals surface area contributed by atoms with Gasteiger partial charge in [-0.15, -0.1) is 0 Å². The smallest absolute Gasteiger partial charge is 0.219 e. The lowest BCUT2D eigenvalue weighted by atomic mass is 10.0. The highest BCUT2D eigenvalue weighted by molar-refractivity contribution is 5.33. The molecule has 0 unspecified atom stereocenters. The summed E-state index contributed by atoms with van der Waals surface area (Å²) in [5, 5.41) is 9.42. The molecule has 0 amide bonds. The van der Waals surface area contributed by atoms with E-state index in [0.29, 0.717) is 11.8 Å². The molecule has 0 aliphatic heterocycles. The molecule has 0 fully saturated rings. The van der Waals surface area contributed by atoms with E-state index in [9.17, 15) is 5.11 Å². The number of rotatable bonds is 4. The number of aliphatic hydroxyl groups is 1. The zero-order chi connectivity index (χ0) is 13.8. The topological polar surface area (TPSA) is 42.4 Å². The highest BCUT2D eigenvalue weighted by atomic mass is 16.5. The van der Waals surface area contributed by atoms with Crippen molar-refractivity contribution in [3.8, 4) is 11.6 Å². The lowest BCUT2D eigenvalue weighted by Gasteiger charge is -2.10. The third-order valence-electron chi connectivity index (χ3n) is 2.99. The van der Waals surface area contributed by atoms with Crippen LogP contribution in [0.25, 0.3) is 0 Å². The molecule has 1 N–H and O–H groups in total. The predicted octanol–water partition coefficient (Wildman–Crippen LogP) is 4.05. The predicted molar refractivity (Wildman–Crippen MR) is 75.5 cm³/mol. The fraction of sp³-hybridized carbons (Fsp3) is 0.312. The van der Waals surface area contributed by atoms with Crippen molar-refractivity contribution in [2.75, 3.05) is 0 Å². The van der Waals surface area contributed by atoms with Crippen LogP contribution in [0, 0.1) is 0 Å².